The molecule has 0 aromatic heterocycles. The van der Waals surface area contributed by atoms with Gasteiger partial charge >= 0.3 is 0 Å². The number of halogens is 1. The average molecular weight is 254 g/mol. The summed E-state index contributed by atoms with van der Waals surface area (Å²) < 4.78 is 0. The molecule has 0 saturated heterocycles. The second-order valence-electron chi connectivity index (χ2n) is 3.98. The molecule has 1 unspecified atom stereocenters. The number of hydrogen-bond acceptors (Lipinski definition) is 2. The molecule has 0 aliphatic carbocycles. The smallest absolute Gasteiger partial charge is 0.0845 e. The number of aryl methyl sites for hydroxylation is 2. The van der Waals surface area contributed by atoms with Crippen molar-refractivity contribution in [2.45, 2.75) is 32.7 Å². The monoisotopic (exact) mass is 253 g/mol. The van der Waals surface area contributed by atoms with E-state index in [2.05, 4.69) is 43.9 Å². The van der Waals surface area contributed by atoms with Gasteiger partial charge in [0.2, 0.25) is 0 Å². The first-order chi connectivity index (χ1) is 8.13. The summed E-state index contributed by atoms with van der Waals surface area (Å²) in [6.07, 6.45) is 1.90. The van der Waals surface area contributed by atoms with Crippen molar-refractivity contribution in [3.63, 3.8) is 0 Å². The normalized spacial score (nSPS) is 12.2. The van der Waals surface area contributed by atoms with Crippen molar-refractivity contribution in [1.82, 2.24) is 0 Å². The lowest BCUT2D eigenvalue weighted by Gasteiger charge is -2.21. The summed E-state index contributed by atoms with van der Waals surface area (Å²) in [5.41, 5.74) is 3.56. The molecule has 94 valence electrons. The van der Waals surface area contributed by atoms with E-state index in [1.54, 1.807) is 0 Å². The first kappa shape index (κ1) is 14.1. The molecule has 0 aliphatic heterocycles. The second-order valence-corrected chi connectivity index (χ2v) is 4.47. The number of aliphatic hydroxyl groups is 1. The molecule has 1 aromatic rings. The van der Waals surface area contributed by atoms with Gasteiger partial charge in [0.25, 0.3) is 0 Å². The molecule has 3 heteroatoms. The number of benzene rings is 1. The molecule has 0 spiro atoms. The predicted molar refractivity (Wildman–Crippen MR) is 74.7 cm³/mol. The molecule has 2 N–H and O–H groups in total. The molecule has 0 aliphatic rings. The van der Waals surface area contributed by atoms with E-state index in [-0.39, 0.29) is 12.6 Å². The largest absolute Gasteiger partial charge is 0.394 e. The Bertz CT molecular complexity index is 368. The van der Waals surface area contributed by atoms with Crippen molar-refractivity contribution in [2.75, 3.05) is 11.9 Å². The van der Waals surface area contributed by atoms with E-state index in [1.807, 2.05) is 0 Å². The van der Waals surface area contributed by atoms with Crippen molar-refractivity contribution in [3.05, 3.63) is 40.9 Å². The highest BCUT2D eigenvalue weighted by atomic mass is 35.5. The van der Waals surface area contributed by atoms with Crippen molar-refractivity contribution >= 4 is 17.3 Å². The third kappa shape index (κ3) is 3.48. The summed E-state index contributed by atoms with van der Waals surface area (Å²) in [6.45, 7) is 7.85. The summed E-state index contributed by atoms with van der Waals surface area (Å²) in [6, 6.07) is 5.95. The third-order valence-corrected chi connectivity index (χ3v) is 3.14. The van der Waals surface area contributed by atoms with Gasteiger partial charge in [-0.15, -0.1) is 0 Å². The van der Waals surface area contributed by atoms with Crippen LogP contribution in [0.5, 0.6) is 0 Å². The van der Waals surface area contributed by atoms with Crippen molar-refractivity contribution < 1.29 is 5.11 Å². The van der Waals surface area contributed by atoms with Gasteiger partial charge < -0.3 is 10.4 Å². The molecular formula is C14H20ClNO. The highest BCUT2D eigenvalue weighted by Crippen LogP contribution is 2.24. The van der Waals surface area contributed by atoms with E-state index in [0.717, 1.165) is 18.5 Å². The van der Waals surface area contributed by atoms with Crippen LogP contribution in [0.15, 0.2) is 29.8 Å². The lowest BCUT2D eigenvalue weighted by Crippen LogP contribution is -2.25. The minimum absolute atomic E-state index is 0.0520. The summed E-state index contributed by atoms with van der Waals surface area (Å²) in [7, 11) is 0. The van der Waals surface area contributed by atoms with Gasteiger partial charge in [0, 0.05) is 10.7 Å². The summed E-state index contributed by atoms with van der Waals surface area (Å²) >= 11 is 5.87. The minimum Gasteiger partial charge on any atom is -0.394 e. The molecule has 0 amide bonds. The van der Waals surface area contributed by atoms with Crippen LogP contribution >= 0.6 is 11.6 Å². The van der Waals surface area contributed by atoms with Gasteiger partial charge in [-0.3, -0.25) is 0 Å². The first-order valence-electron chi connectivity index (χ1n) is 5.96. The minimum atomic E-state index is -0.297. The Kier molecular flexibility index (Phi) is 5.52. The van der Waals surface area contributed by atoms with Gasteiger partial charge in [-0.2, -0.15) is 0 Å². The van der Waals surface area contributed by atoms with Gasteiger partial charge in [0.05, 0.1) is 12.6 Å². The Morgan fingerprint density at radius 1 is 1.35 bits per heavy atom. The fraction of sp³-hybridized carbons (Fsp3) is 0.429. The van der Waals surface area contributed by atoms with Gasteiger partial charge in [0.15, 0.2) is 0 Å². The molecule has 17 heavy (non-hydrogen) atoms. The maximum Gasteiger partial charge on any atom is 0.0845 e. The fourth-order valence-electron chi connectivity index (χ4n) is 1.83. The summed E-state index contributed by atoms with van der Waals surface area (Å²) in [5, 5.41) is 13.0. The van der Waals surface area contributed by atoms with E-state index >= 15 is 0 Å². The average Bonchev–Trinajstić information content (AvgIpc) is 2.35. The Labute approximate surface area is 108 Å². The van der Waals surface area contributed by atoms with Crippen LogP contribution in [0.25, 0.3) is 0 Å². The number of anilines is 1. The lowest BCUT2D eigenvalue weighted by atomic mass is 10.0. The molecular weight excluding hydrogens is 234 g/mol. The van der Waals surface area contributed by atoms with Crippen LogP contribution < -0.4 is 5.32 Å². The molecule has 0 radical (unpaired) electrons. The van der Waals surface area contributed by atoms with E-state index in [9.17, 15) is 5.11 Å². The van der Waals surface area contributed by atoms with Crippen LogP contribution in [-0.2, 0) is 12.8 Å². The molecule has 0 bridgehead atoms. The zero-order chi connectivity index (χ0) is 12.8. The van der Waals surface area contributed by atoms with Gasteiger partial charge in [-0.1, -0.05) is 50.2 Å². The SMILES string of the molecule is C=C(Cl)C(CO)Nc1c(CC)cccc1CC. The lowest BCUT2D eigenvalue weighted by molar-refractivity contribution is 0.289. The quantitative estimate of drug-likeness (QED) is 0.815. The van der Waals surface area contributed by atoms with Crippen LogP contribution in [0, 0.1) is 0 Å². The molecule has 0 fully saturated rings. The predicted octanol–water partition coefficient (Wildman–Crippen LogP) is 3.34. The second kappa shape index (κ2) is 6.67. The highest BCUT2D eigenvalue weighted by Gasteiger charge is 2.13. The zero-order valence-corrected chi connectivity index (χ0v) is 11.2. The van der Waals surface area contributed by atoms with E-state index in [1.165, 1.54) is 11.1 Å². The number of nitrogens with one attached hydrogen (secondary N) is 1. The van der Waals surface area contributed by atoms with Crippen molar-refractivity contribution in [1.29, 1.82) is 0 Å². The molecule has 1 atom stereocenters. The Morgan fingerprint density at radius 2 is 1.88 bits per heavy atom. The third-order valence-electron chi connectivity index (χ3n) is 2.88. The summed E-state index contributed by atoms with van der Waals surface area (Å²) in [4.78, 5) is 0. The van der Waals surface area contributed by atoms with Crippen LogP contribution in [0.2, 0.25) is 0 Å². The maximum absolute atomic E-state index is 9.28. The van der Waals surface area contributed by atoms with E-state index in [0.29, 0.717) is 5.03 Å². The van der Waals surface area contributed by atoms with E-state index < -0.39 is 0 Å². The van der Waals surface area contributed by atoms with Crippen molar-refractivity contribution in [2.24, 2.45) is 0 Å². The molecule has 2 nitrogen and oxygen atoms in total. The fourth-order valence-corrected chi connectivity index (χ4v) is 1.95. The van der Waals surface area contributed by atoms with Crippen LogP contribution in [-0.4, -0.2) is 17.8 Å². The van der Waals surface area contributed by atoms with Crippen LogP contribution in [0.3, 0.4) is 0 Å². The number of para-hydroxylation sites is 1. The number of rotatable bonds is 6. The van der Waals surface area contributed by atoms with Crippen molar-refractivity contribution in [3.8, 4) is 0 Å². The van der Waals surface area contributed by atoms with Crippen LogP contribution in [0.4, 0.5) is 5.69 Å². The van der Waals surface area contributed by atoms with Gasteiger partial charge in [0.1, 0.15) is 0 Å². The van der Waals surface area contributed by atoms with Gasteiger partial charge in [-0.25, -0.2) is 0 Å². The zero-order valence-electron chi connectivity index (χ0n) is 10.5. The molecule has 0 saturated carbocycles. The number of aliphatic hydroxyl groups excluding tert-OH is 1. The highest BCUT2D eigenvalue weighted by molar-refractivity contribution is 6.30. The Hall–Kier alpha value is -0.990. The molecule has 0 heterocycles. The standard InChI is InChI=1S/C14H20ClNO/c1-4-11-7-6-8-12(5-2)14(11)16-13(9-17)10(3)15/h6-8,13,16-17H,3-5,9H2,1-2H3. The van der Waals surface area contributed by atoms with Crippen LogP contribution in [0.1, 0.15) is 25.0 Å². The molecule has 1 aromatic carbocycles. The molecule has 1 rings (SSSR count). The number of hydrogen-bond donors (Lipinski definition) is 2. The maximum atomic E-state index is 9.28. The summed E-state index contributed by atoms with van der Waals surface area (Å²) in [5.74, 6) is 0. The Balaban J connectivity index is 3.05. The Morgan fingerprint density at radius 3 is 2.24 bits per heavy atom. The topological polar surface area (TPSA) is 32.3 Å². The van der Waals surface area contributed by atoms with E-state index in [4.69, 9.17) is 11.6 Å². The first-order valence-corrected chi connectivity index (χ1v) is 6.34. The van der Waals surface area contributed by atoms with Gasteiger partial charge in [-0.05, 0) is 24.0 Å².